The normalized spacial score (nSPS) is 10.9. The molecule has 1 aromatic heterocycles. The maximum Gasteiger partial charge on any atom is 0.185 e. The maximum absolute atomic E-state index is 10.6. The summed E-state index contributed by atoms with van der Waals surface area (Å²) >= 11 is 6.97. The number of nitrogens with zero attached hydrogens (tertiary/aromatic N) is 1. The average Bonchev–Trinajstić information content (AvgIpc) is 2.22. The molecule has 0 saturated carbocycles. The highest BCUT2D eigenvalue weighted by molar-refractivity contribution is 8.13. The minimum absolute atomic E-state index is 0.0971. The number of pyridine rings is 1. The molecular weight excluding hydrogens is 246 g/mol. The van der Waals surface area contributed by atoms with E-state index >= 15 is 0 Å². The highest BCUT2D eigenvalue weighted by atomic mass is 35.5. The van der Waals surface area contributed by atoms with E-state index in [1.165, 1.54) is 23.9 Å². The van der Waals surface area contributed by atoms with Crippen LogP contribution in [-0.2, 0) is 4.79 Å². The minimum Gasteiger partial charge on any atom is -0.506 e. The Hall–Kier alpha value is -1.00. The Balaban J connectivity index is 2.49. The van der Waals surface area contributed by atoms with Crippen molar-refractivity contribution in [3.8, 4) is 5.75 Å². The van der Waals surface area contributed by atoms with E-state index in [2.05, 4.69) is 4.98 Å². The van der Waals surface area contributed by atoms with E-state index in [9.17, 15) is 9.90 Å². The number of aromatic hydroxyl groups is 1. The lowest BCUT2D eigenvalue weighted by molar-refractivity contribution is -0.109. The second kappa shape index (κ2) is 6.55. The third kappa shape index (κ3) is 4.68. The van der Waals surface area contributed by atoms with Gasteiger partial charge in [0.05, 0.1) is 0 Å². The predicted octanol–water partition coefficient (Wildman–Crippen LogP) is 3.12. The molecule has 0 unspecified atom stereocenters. The lowest BCUT2D eigenvalue weighted by Gasteiger charge is -1.98. The fourth-order valence-electron chi connectivity index (χ4n) is 1.03. The predicted molar refractivity (Wildman–Crippen MR) is 67.7 cm³/mol. The molecule has 0 aliphatic heterocycles. The first-order valence-corrected chi connectivity index (χ1v) is 6.11. The van der Waals surface area contributed by atoms with Crippen molar-refractivity contribution in [2.45, 2.75) is 13.3 Å². The van der Waals surface area contributed by atoms with Gasteiger partial charge in [0, 0.05) is 12.7 Å². The molecule has 1 heterocycles. The molecule has 86 valence electrons. The maximum atomic E-state index is 10.6. The molecule has 5 heteroatoms. The van der Waals surface area contributed by atoms with Gasteiger partial charge >= 0.3 is 0 Å². The smallest absolute Gasteiger partial charge is 0.185 e. The lowest BCUT2D eigenvalue weighted by Crippen LogP contribution is -1.85. The van der Waals surface area contributed by atoms with Gasteiger partial charge in [0.1, 0.15) is 16.6 Å². The van der Waals surface area contributed by atoms with Crippen LogP contribution in [0.5, 0.6) is 5.75 Å². The van der Waals surface area contributed by atoms with Crippen LogP contribution in [0.4, 0.5) is 0 Å². The first-order valence-electron chi connectivity index (χ1n) is 4.75. The molecule has 1 rings (SSSR count). The molecule has 0 spiro atoms. The third-order valence-corrected chi connectivity index (χ3v) is 2.79. The quantitative estimate of drug-likeness (QED) is 0.665. The number of thioether (sulfide) groups is 1. The molecule has 3 nitrogen and oxygen atoms in total. The average molecular weight is 258 g/mol. The van der Waals surface area contributed by atoms with E-state index in [0.717, 1.165) is 12.2 Å². The van der Waals surface area contributed by atoms with Gasteiger partial charge in [-0.3, -0.25) is 4.79 Å². The van der Waals surface area contributed by atoms with E-state index in [-0.39, 0.29) is 10.9 Å². The molecule has 1 aromatic rings. The molecule has 0 fully saturated rings. The van der Waals surface area contributed by atoms with Crippen molar-refractivity contribution < 1.29 is 9.90 Å². The van der Waals surface area contributed by atoms with E-state index in [1.807, 2.05) is 6.08 Å². The summed E-state index contributed by atoms with van der Waals surface area (Å²) in [5, 5.41) is 9.90. The summed E-state index contributed by atoms with van der Waals surface area (Å²) < 4.78 is 0. The van der Waals surface area contributed by atoms with E-state index < -0.39 is 0 Å². The highest BCUT2D eigenvalue weighted by Gasteiger charge is 1.99. The van der Waals surface area contributed by atoms with Gasteiger partial charge in [-0.15, -0.1) is 0 Å². The van der Waals surface area contributed by atoms with Crippen molar-refractivity contribution in [2.75, 3.05) is 5.75 Å². The zero-order valence-electron chi connectivity index (χ0n) is 8.81. The number of allylic oxidation sites excluding steroid dienone is 1. The fourth-order valence-corrected chi connectivity index (χ4v) is 1.73. The number of hydrogen-bond acceptors (Lipinski definition) is 4. The molecule has 0 aliphatic rings. The molecular formula is C11H12ClNO2S. The first kappa shape index (κ1) is 13.1. The van der Waals surface area contributed by atoms with Crippen molar-refractivity contribution in [1.82, 2.24) is 4.98 Å². The minimum atomic E-state index is 0.0971. The van der Waals surface area contributed by atoms with Gasteiger partial charge in [-0.1, -0.05) is 29.4 Å². The Morgan fingerprint density at radius 2 is 2.38 bits per heavy atom. The van der Waals surface area contributed by atoms with Gasteiger partial charge in [-0.25, -0.2) is 4.98 Å². The van der Waals surface area contributed by atoms with Crippen molar-refractivity contribution in [2.24, 2.45) is 0 Å². The molecule has 0 aromatic carbocycles. The van der Waals surface area contributed by atoms with E-state index in [1.54, 1.807) is 13.0 Å². The third-order valence-electron chi connectivity index (χ3n) is 1.73. The van der Waals surface area contributed by atoms with Gasteiger partial charge in [0.15, 0.2) is 5.12 Å². The largest absolute Gasteiger partial charge is 0.506 e. The summed E-state index contributed by atoms with van der Waals surface area (Å²) in [5.41, 5.74) is 0.445. The monoisotopic (exact) mass is 257 g/mol. The van der Waals surface area contributed by atoms with Crippen molar-refractivity contribution in [3.05, 3.63) is 29.1 Å². The first-order chi connectivity index (χ1) is 7.59. The Morgan fingerprint density at radius 1 is 1.62 bits per heavy atom. The molecule has 0 amide bonds. The number of carbonyl (C=O) groups excluding carboxylic acids is 1. The van der Waals surface area contributed by atoms with Crippen LogP contribution in [0.3, 0.4) is 0 Å². The second-order valence-corrected chi connectivity index (χ2v) is 4.73. The standard InChI is InChI=1S/C11H12ClNO2S/c1-8(14)16-7-3-2-4-9-10(15)5-6-11(12)13-9/h2,4-6,15H,3,7H2,1H3. The molecule has 0 atom stereocenters. The fraction of sp³-hybridized carbons (Fsp3) is 0.273. The molecule has 0 bridgehead atoms. The van der Waals surface area contributed by atoms with E-state index in [4.69, 9.17) is 11.6 Å². The number of aromatic nitrogens is 1. The van der Waals surface area contributed by atoms with Crippen LogP contribution in [0.2, 0.25) is 5.15 Å². The summed E-state index contributed by atoms with van der Waals surface area (Å²) in [4.78, 5) is 14.6. The van der Waals surface area contributed by atoms with Gasteiger partial charge in [0.25, 0.3) is 0 Å². The van der Waals surface area contributed by atoms with Gasteiger partial charge in [-0.2, -0.15) is 0 Å². The Labute approximate surface area is 104 Å². The van der Waals surface area contributed by atoms with Gasteiger partial charge in [-0.05, 0) is 24.6 Å². The van der Waals surface area contributed by atoms with Crippen LogP contribution in [0.1, 0.15) is 19.0 Å². The summed E-state index contributed by atoms with van der Waals surface area (Å²) in [6, 6.07) is 3.03. The van der Waals surface area contributed by atoms with Crippen molar-refractivity contribution in [1.29, 1.82) is 0 Å². The van der Waals surface area contributed by atoms with Crippen molar-refractivity contribution in [3.63, 3.8) is 0 Å². The second-order valence-electron chi connectivity index (χ2n) is 3.07. The molecule has 0 radical (unpaired) electrons. The highest BCUT2D eigenvalue weighted by Crippen LogP contribution is 2.19. The Kier molecular flexibility index (Phi) is 5.35. The van der Waals surface area contributed by atoms with Crippen LogP contribution in [0.25, 0.3) is 6.08 Å². The van der Waals surface area contributed by atoms with Gasteiger partial charge in [0.2, 0.25) is 0 Å². The number of halogens is 1. The zero-order valence-corrected chi connectivity index (χ0v) is 10.4. The van der Waals surface area contributed by atoms with Crippen molar-refractivity contribution >= 4 is 34.6 Å². The Morgan fingerprint density at radius 3 is 3.06 bits per heavy atom. The Bertz CT molecular complexity index is 407. The number of hydrogen-bond donors (Lipinski definition) is 1. The van der Waals surface area contributed by atoms with E-state index in [0.29, 0.717) is 10.8 Å². The topological polar surface area (TPSA) is 50.2 Å². The van der Waals surface area contributed by atoms with Crippen LogP contribution in [0, 0.1) is 0 Å². The van der Waals surface area contributed by atoms with Crippen LogP contribution < -0.4 is 0 Å². The molecule has 0 saturated heterocycles. The summed E-state index contributed by atoms with van der Waals surface area (Å²) in [7, 11) is 0. The molecule has 16 heavy (non-hydrogen) atoms. The SMILES string of the molecule is CC(=O)SCCC=Cc1nc(Cl)ccc1O. The summed E-state index contributed by atoms with van der Waals surface area (Å²) in [6.45, 7) is 1.54. The number of rotatable bonds is 4. The molecule has 0 aliphatic carbocycles. The summed E-state index contributed by atoms with van der Waals surface area (Å²) in [6.07, 6.45) is 4.30. The zero-order chi connectivity index (χ0) is 12.0. The van der Waals surface area contributed by atoms with Gasteiger partial charge < -0.3 is 5.11 Å². The molecule has 1 N–H and O–H groups in total. The number of carbonyl (C=O) groups is 1. The lowest BCUT2D eigenvalue weighted by atomic mass is 10.3. The van der Waals surface area contributed by atoms with Crippen LogP contribution in [0.15, 0.2) is 18.2 Å². The van der Waals surface area contributed by atoms with Crippen LogP contribution in [-0.4, -0.2) is 21.0 Å². The van der Waals surface area contributed by atoms with Crippen LogP contribution >= 0.6 is 23.4 Å². The summed E-state index contributed by atoms with van der Waals surface area (Å²) in [5.74, 6) is 0.826.